The highest BCUT2D eigenvalue weighted by molar-refractivity contribution is 7.99. The Hall–Kier alpha value is -3.00. The molecule has 3 rings (SSSR count). The number of hydrogen-bond acceptors (Lipinski definition) is 6. The third-order valence-electron chi connectivity index (χ3n) is 4.26. The molecule has 8 heteroatoms. The molecular formula is C21H23N5O2S. The number of nitrogens with zero attached hydrogens (tertiary/aromatic N) is 4. The summed E-state index contributed by atoms with van der Waals surface area (Å²) in [7, 11) is 0. The predicted molar refractivity (Wildman–Crippen MR) is 114 cm³/mol. The number of aromatic nitrogens is 4. The number of benzene rings is 2. The zero-order valence-electron chi connectivity index (χ0n) is 16.8. The molecular weight excluding hydrogens is 386 g/mol. The van der Waals surface area contributed by atoms with Crippen LogP contribution in [0.5, 0.6) is 0 Å². The minimum absolute atomic E-state index is 0.0111. The van der Waals surface area contributed by atoms with Crippen LogP contribution in [0.3, 0.4) is 0 Å². The molecule has 0 saturated heterocycles. The van der Waals surface area contributed by atoms with Gasteiger partial charge in [0, 0.05) is 18.2 Å². The van der Waals surface area contributed by atoms with Gasteiger partial charge in [0.2, 0.25) is 11.1 Å². The molecule has 3 aromatic rings. The predicted octanol–water partition coefficient (Wildman–Crippen LogP) is 3.89. The van der Waals surface area contributed by atoms with E-state index in [-0.39, 0.29) is 22.9 Å². The zero-order chi connectivity index (χ0) is 21.0. The summed E-state index contributed by atoms with van der Waals surface area (Å²) in [5.74, 6) is 0.0780. The van der Waals surface area contributed by atoms with Gasteiger partial charge in [-0.25, -0.2) is 0 Å². The number of nitrogens with one attached hydrogen (secondary N) is 1. The average molecular weight is 410 g/mol. The Morgan fingerprint density at radius 3 is 2.48 bits per heavy atom. The molecule has 1 amide bonds. The van der Waals surface area contributed by atoms with Crippen molar-refractivity contribution in [3.63, 3.8) is 0 Å². The molecule has 0 fully saturated rings. The van der Waals surface area contributed by atoms with Crippen molar-refractivity contribution in [3.8, 4) is 5.69 Å². The molecule has 0 aliphatic rings. The number of carbonyl (C=O) groups is 2. The van der Waals surface area contributed by atoms with Gasteiger partial charge in [-0.05, 0) is 39.6 Å². The van der Waals surface area contributed by atoms with Crippen LogP contribution in [0.25, 0.3) is 5.69 Å². The van der Waals surface area contributed by atoms with E-state index in [1.165, 1.54) is 24.2 Å². The summed E-state index contributed by atoms with van der Waals surface area (Å²) < 4.78 is 1.55. The van der Waals surface area contributed by atoms with Gasteiger partial charge in [0.05, 0.1) is 11.4 Å². The summed E-state index contributed by atoms with van der Waals surface area (Å²) in [5, 5.41) is 15.0. The largest absolute Gasteiger partial charge is 0.326 e. The second-order valence-electron chi connectivity index (χ2n) is 7.64. The van der Waals surface area contributed by atoms with Gasteiger partial charge in [0.15, 0.2) is 5.78 Å². The zero-order valence-corrected chi connectivity index (χ0v) is 17.7. The number of tetrazole rings is 1. The van der Waals surface area contributed by atoms with Gasteiger partial charge in [-0.2, -0.15) is 4.68 Å². The van der Waals surface area contributed by atoms with Crippen molar-refractivity contribution in [2.24, 2.45) is 0 Å². The highest BCUT2D eigenvalue weighted by Gasteiger charge is 2.16. The first-order chi connectivity index (χ1) is 13.7. The van der Waals surface area contributed by atoms with Gasteiger partial charge in [0.25, 0.3) is 0 Å². The van der Waals surface area contributed by atoms with Crippen molar-refractivity contribution in [2.45, 2.75) is 38.3 Å². The molecule has 29 heavy (non-hydrogen) atoms. The van der Waals surface area contributed by atoms with Crippen molar-refractivity contribution in [1.82, 2.24) is 20.2 Å². The van der Waals surface area contributed by atoms with Crippen LogP contribution in [0.4, 0.5) is 5.69 Å². The summed E-state index contributed by atoms with van der Waals surface area (Å²) in [4.78, 5) is 23.8. The number of thioether (sulfide) groups is 1. The maximum Gasteiger partial charge on any atom is 0.221 e. The van der Waals surface area contributed by atoms with E-state index < -0.39 is 0 Å². The van der Waals surface area contributed by atoms with Crippen LogP contribution in [0.2, 0.25) is 0 Å². The fraction of sp³-hybridized carbons (Fsp3) is 0.286. The lowest BCUT2D eigenvalue weighted by atomic mass is 9.86. The van der Waals surface area contributed by atoms with Crippen molar-refractivity contribution in [1.29, 1.82) is 0 Å². The topological polar surface area (TPSA) is 89.8 Å². The molecule has 0 saturated carbocycles. The fourth-order valence-electron chi connectivity index (χ4n) is 2.72. The summed E-state index contributed by atoms with van der Waals surface area (Å²) in [5.41, 5.74) is 3.24. The highest BCUT2D eigenvalue weighted by Crippen LogP contribution is 2.24. The lowest BCUT2D eigenvalue weighted by molar-refractivity contribution is -0.114. The Labute approximate surface area is 173 Å². The van der Waals surface area contributed by atoms with Crippen molar-refractivity contribution < 1.29 is 9.59 Å². The fourth-order valence-corrected chi connectivity index (χ4v) is 3.50. The molecule has 0 spiro atoms. The molecule has 0 unspecified atom stereocenters. The second kappa shape index (κ2) is 8.57. The maximum atomic E-state index is 12.6. The quantitative estimate of drug-likeness (QED) is 0.491. The molecule has 0 atom stereocenters. The molecule has 1 aromatic heterocycles. The van der Waals surface area contributed by atoms with E-state index >= 15 is 0 Å². The van der Waals surface area contributed by atoms with E-state index in [4.69, 9.17) is 0 Å². The highest BCUT2D eigenvalue weighted by atomic mass is 32.2. The van der Waals surface area contributed by atoms with Crippen LogP contribution < -0.4 is 5.32 Å². The Kier molecular flexibility index (Phi) is 6.12. The summed E-state index contributed by atoms with van der Waals surface area (Å²) in [6.45, 7) is 7.87. The first-order valence-corrected chi connectivity index (χ1v) is 10.2. The van der Waals surface area contributed by atoms with Crippen molar-refractivity contribution in [2.75, 3.05) is 11.1 Å². The van der Waals surface area contributed by atoms with E-state index in [9.17, 15) is 9.59 Å². The van der Waals surface area contributed by atoms with Crippen LogP contribution in [0.1, 0.15) is 43.6 Å². The van der Waals surface area contributed by atoms with Crippen LogP contribution in [0.15, 0.2) is 53.7 Å². The number of anilines is 1. The number of rotatable bonds is 6. The number of ketones is 1. The molecule has 150 valence electrons. The van der Waals surface area contributed by atoms with Crippen molar-refractivity contribution >= 4 is 29.1 Å². The van der Waals surface area contributed by atoms with E-state index in [1.54, 1.807) is 22.9 Å². The minimum Gasteiger partial charge on any atom is -0.326 e. The van der Waals surface area contributed by atoms with Crippen LogP contribution in [-0.4, -0.2) is 37.7 Å². The second-order valence-corrected chi connectivity index (χ2v) is 8.59. The number of carbonyl (C=O) groups excluding carboxylic acids is 2. The molecule has 7 nitrogen and oxygen atoms in total. The third-order valence-corrected chi connectivity index (χ3v) is 5.18. The lowest BCUT2D eigenvalue weighted by Gasteiger charge is -2.18. The lowest BCUT2D eigenvalue weighted by Crippen LogP contribution is -2.11. The van der Waals surface area contributed by atoms with E-state index in [2.05, 4.69) is 41.6 Å². The monoisotopic (exact) mass is 409 g/mol. The first kappa shape index (κ1) is 20.7. The Bertz CT molecular complexity index is 1020. The minimum atomic E-state index is -0.156. The van der Waals surface area contributed by atoms with Gasteiger partial charge in [-0.3, -0.25) is 9.59 Å². The molecule has 0 bridgehead atoms. The standard InChI is InChI=1S/C21H23N5O2S/c1-14(27)22-17-6-5-7-18(12-17)26-20(23-24-25-26)29-13-19(28)15-8-10-16(11-9-15)21(2,3)4/h5-12H,13H2,1-4H3,(H,22,27). The molecule has 1 N–H and O–H groups in total. The van der Waals surface area contributed by atoms with Gasteiger partial charge in [0.1, 0.15) is 0 Å². The van der Waals surface area contributed by atoms with Crippen LogP contribution in [-0.2, 0) is 10.2 Å². The Morgan fingerprint density at radius 2 is 1.83 bits per heavy atom. The normalized spacial score (nSPS) is 11.3. The maximum absolute atomic E-state index is 12.6. The Balaban J connectivity index is 1.71. The summed E-state index contributed by atoms with van der Waals surface area (Å²) >= 11 is 1.27. The summed E-state index contributed by atoms with van der Waals surface area (Å²) in [6.07, 6.45) is 0. The number of amides is 1. The molecule has 2 aromatic carbocycles. The molecule has 0 aliphatic carbocycles. The van der Waals surface area contributed by atoms with Gasteiger partial charge in [-0.15, -0.1) is 5.10 Å². The molecule has 0 aliphatic heterocycles. The van der Waals surface area contributed by atoms with Gasteiger partial charge < -0.3 is 5.32 Å². The first-order valence-electron chi connectivity index (χ1n) is 9.17. The van der Waals surface area contributed by atoms with E-state index in [0.717, 1.165) is 0 Å². The third kappa shape index (κ3) is 5.29. The number of Topliss-reactive ketones (excluding diaryl/α,β-unsaturated/α-hetero) is 1. The number of hydrogen-bond donors (Lipinski definition) is 1. The van der Waals surface area contributed by atoms with E-state index in [1.807, 2.05) is 30.3 Å². The van der Waals surface area contributed by atoms with Gasteiger partial charge in [-0.1, -0.05) is 62.9 Å². The SMILES string of the molecule is CC(=O)Nc1cccc(-n2nnnc2SCC(=O)c2ccc(C(C)(C)C)cc2)c1. The van der Waals surface area contributed by atoms with Crippen LogP contribution in [0, 0.1) is 0 Å². The molecule has 0 radical (unpaired) electrons. The average Bonchev–Trinajstić information content (AvgIpc) is 3.14. The summed E-state index contributed by atoms with van der Waals surface area (Å²) in [6, 6.07) is 14.9. The Morgan fingerprint density at radius 1 is 1.10 bits per heavy atom. The smallest absolute Gasteiger partial charge is 0.221 e. The van der Waals surface area contributed by atoms with Crippen molar-refractivity contribution in [3.05, 3.63) is 59.7 Å². The van der Waals surface area contributed by atoms with E-state index in [0.29, 0.717) is 22.1 Å². The van der Waals surface area contributed by atoms with Gasteiger partial charge >= 0.3 is 0 Å². The molecule has 1 heterocycles. The van der Waals surface area contributed by atoms with Crippen LogP contribution >= 0.6 is 11.8 Å².